The smallest absolute Gasteiger partial charge is 0.408 e. The van der Waals surface area contributed by atoms with Crippen LogP contribution in [0.3, 0.4) is 0 Å². The zero-order valence-electron chi connectivity index (χ0n) is 25.4. The van der Waals surface area contributed by atoms with E-state index >= 15 is 0 Å². The zero-order valence-corrected chi connectivity index (χ0v) is 26.9. The first-order valence-corrected chi connectivity index (χ1v) is 15.7. The number of rotatable bonds is 11. The molecule has 2 aromatic carbocycles. The van der Waals surface area contributed by atoms with Gasteiger partial charge in [0, 0.05) is 22.5 Å². The third-order valence-corrected chi connectivity index (χ3v) is 8.76. The van der Waals surface area contributed by atoms with Gasteiger partial charge in [0.2, 0.25) is 11.8 Å². The van der Waals surface area contributed by atoms with Crippen LogP contribution in [-0.4, -0.2) is 40.5 Å². The van der Waals surface area contributed by atoms with Crippen LogP contribution in [0.1, 0.15) is 63.8 Å². The van der Waals surface area contributed by atoms with Crippen molar-refractivity contribution in [3.05, 3.63) is 69.3 Å². The number of carbonyl (C=O) groups is 3. The molecule has 3 aromatic rings. The summed E-state index contributed by atoms with van der Waals surface area (Å²) >= 11 is 12.8. The van der Waals surface area contributed by atoms with Gasteiger partial charge >= 0.3 is 6.09 Å². The Morgan fingerprint density at radius 1 is 1.11 bits per heavy atom. The first-order chi connectivity index (χ1) is 21.0. The number of benzene rings is 2. The number of amides is 3. The van der Waals surface area contributed by atoms with Gasteiger partial charge in [-0.2, -0.15) is 5.26 Å². The summed E-state index contributed by atoms with van der Waals surface area (Å²) in [4.78, 5) is 44.3. The van der Waals surface area contributed by atoms with Crippen LogP contribution in [0.5, 0.6) is 0 Å². The molecule has 3 amide bonds. The number of carbonyl (C=O) groups excluding carboxylic acids is 3. The topological polar surface area (TPSA) is 136 Å². The molecule has 1 aliphatic carbocycles. The van der Waals surface area contributed by atoms with E-state index in [1.54, 1.807) is 12.1 Å². The Bertz CT molecular complexity index is 1550. The Morgan fingerprint density at radius 3 is 2.50 bits per heavy atom. The maximum absolute atomic E-state index is 14.1. The van der Waals surface area contributed by atoms with Crippen LogP contribution in [-0.2, 0) is 33.8 Å². The summed E-state index contributed by atoms with van der Waals surface area (Å²) < 4.78 is 5.40. The van der Waals surface area contributed by atoms with Crippen LogP contribution in [0.25, 0.3) is 10.9 Å². The molecule has 9 nitrogen and oxygen atoms in total. The molecule has 0 bridgehead atoms. The van der Waals surface area contributed by atoms with Crippen LogP contribution >= 0.6 is 23.2 Å². The number of ether oxygens (including phenoxy) is 1. The Labute approximate surface area is 268 Å². The van der Waals surface area contributed by atoms with E-state index in [-0.39, 0.29) is 31.3 Å². The van der Waals surface area contributed by atoms with E-state index < -0.39 is 35.5 Å². The second kappa shape index (κ2) is 14.4. The Kier molecular flexibility index (Phi) is 10.8. The number of halogens is 2. The third kappa shape index (κ3) is 7.66. The Balaban J connectivity index is 1.64. The number of aryl methyl sites for hydroxylation is 1. The molecule has 0 spiro atoms. The fourth-order valence-electron chi connectivity index (χ4n) is 5.65. The van der Waals surface area contributed by atoms with E-state index in [0.717, 1.165) is 22.2 Å². The lowest BCUT2D eigenvalue weighted by molar-refractivity contribution is -0.136. The Morgan fingerprint density at radius 2 is 1.84 bits per heavy atom. The molecule has 4 N–H and O–H groups in total. The van der Waals surface area contributed by atoms with Gasteiger partial charge in [-0.15, -0.1) is 0 Å². The number of nitrogens with zero attached hydrogens (tertiary/aromatic N) is 1. The maximum atomic E-state index is 14.1. The number of nitriles is 1. The van der Waals surface area contributed by atoms with Crippen LogP contribution in [0.4, 0.5) is 4.79 Å². The molecule has 11 heteroatoms. The van der Waals surface area contributed by atoms with Crippen molar-refractivity contribution in [2.45, 2.75) is 84.0 Å². The third-order valence-electron chi connectivity index (χ3n) is 8.25. The fourth-order valence-corrected chi connectivity index (χ4v) is 6.19. The molecule has 1 aliphatic rings. The molecular formula is C33H39Cl2N5O4. The van der Waals surface area contributed by atoms with E-state index in [1.807, 2.05) is 58.0 Å². The van der Waals surface area contributed by atoms with Crippen molar-refractivity contribution < 1.29 is 19.1 Å². The second-order valence-electron chi connectivity index (χ2n) is 12.0. The van der Waals surface area contributed by atoms with Gasteiger partial charge < -0.3 is 25.7 Å². The lowest BCUT2D eigenvalue weighted by Crippen LogP contribution is -2.66. The van der Waals surface area contributed by atoms with Gasteiger partial charge in [0.15, 0.2) is 0 Å². The molecule has 4 atom stereocenters. The van der Waals surface area contributed by atoms with E-state index in [0.29, 0.717) is 34.8 Å². The molecule has 1 aromatic heterocycles. The number of H-pyrrole nitrogens is 1. The van der Waals surface area contributed by atoms with Crippen molar-refractivity contribution in [1.82, 2.24) is 20.9 Å². The first-order valence-electron chi connectivity index (χ1n) is 14.9. The first kappa shape index (κ1) is 33.2. The van der Waals surface area contributed by atoms with Crippen LogP contribution in [0.15, 0.2) is 42.5 Å². The summed E-state index contributed by atoms with van der Waals surface area (Å²) in [5, 5.41) is 20.1. The summed E-state index contributed by atoms with van der Waals surface area (Å²) in [5.74, 6) is -1.07. The normalized spacial score (nSPS) is 18.0. The van der Waals surface area contributed by atoms with Crippen molar-refractivity contribution in [2.75, 3.05) is 0 Å². The highest BCUT2D eigenvalue weighted by atomic mass is 35.5. The summed E-state index contributed by atoms with van der Waals surface area (Å²) in [7, 11) is 0. The number of aromatic amines is 1. The lowest BCUT2D eigenvalue weighted by Gasteiger charge is -2.39. The number of hydrogen-bond donors (Lipinski definition) is 4. The summed E-state index contributed by atoms with van der Waals surface area (Å²) in [6, 6.07) is 13.2. The molecular weight excluding hydrogens is 601 g/mol. The van der Waals surface area contributed by atoms with Gasteiger partial charge in [0.25, 0.3) is 0 Å². The molecule has 4 rings (SSSR count). The minimum atomic E-state index is -1.40. The molecule has 0 saturated carbocycles. The molecule has 234 valence electrons. The molecule has 0 radical (unpaired) electrons. The van der Waals surface area contributed by atoms with Gasteiger partial charge in [-0.1, -0.05) is 87.6 Å². The number of hydrogen-bond acceptors (Lipinski definition) is 5. The minimum absolute atomic E-state index is 0.0493. The molecule has 1 unspecified atom stereocenters. The predicted molar refractivity (Wildman–Crippen MR) is 171 cm³/mol. The van der Waals surface area contributed by atoms with Crippen LogP contribution < -0.4 is 16.0 Å². The fraction of sp³-hybridized carbons (Fsp3) is 0.455. The van der Waals surface area contributed by atoms with Gasteiger partial charge in [0.05, 0.1) is 16.6 Å². The van der Waals surface area contributed by atoms with Crippen molar-refractivity contribution >= 4 is 52.0 Å². The molecule has 0 aliphatic heterocycles. The highest BCUT2D eigenvalue weighted by Crippen LogP contribution is 2.38. The monoisotopic (exact) mass is 639 g/mol. The van der Waals surface area contributed by atoms with Crippen LogP contribution in [0.2, 0.25) is 10.0 Å². The number of fused-ring (bicyclic) bond motifs is 3. The second-order valence-corrected chi connectivity index (χ2v) is 12.8. The van der Waals surface area contributed by atoms with E-state index in [1.165, 1.54) is 0 Å². The van der Waals surface area contributed by atoms with Gasteiger partial charge in [-0.3, -0.25) is 9.59 Å². The van der Waals surface area contributed by atoms with Gasteiger partial charge in [-0.05, 0) is 54.4 Å². The summed E-state index contributed by atoms with van der Waals surface area (Å²) in [6.45, 7) is 7.76. The van der Waals surface area contributed by atoms with Crippen molar-refractivity contribution in [1.29, 1.82) is 5.26 Å². The van der Waals surface area contributed by atoms with Gasteiger partial charge in [0.1, 0.15) is 24.2 Å². The highest BCUT2D eigenvalue weighted by molar-refractivity contribution is 6.38. The number of alkyl carbamates (subject to hydrolysis) is 1. The summed E-state index contributed by atoms with van der Waals surface area (Å²) in [5.41, 5.74) is 1.84. The standard InChI is InChI=1S/C33H39Cl2N5O4/c1-5-20(4)28(39-32(43)44-18-21-9-7-6-8-10-21)30(41)40-33(31(42)37-23(17-36)13-19(2)3)12-11-27-25(16-33)24-14-22(34)15-26(35)29(24)38-27/h6-10,14-15,19-20,23,28,38H,5,11-13,16,18H2,1-4H3,(H,37,42)(H,39,43)(H,40,41)/t20?,23-,28-,33+/m0/s1. The van der Waals surface area contributed by atoms with Crippen molar-refractivity contribution in [3.8, 4) is 6.07 Å². The number of aromatic nitrogens is 1. The predicted octanol–water partition coefficient (Wildman–Crippen LogP) is 6.21. The Hall–Kier alpha value is -3.74. The number of nitrogens with one attached hydrogen (secondary N) is 4. The van der Waals surface area contributed by atoms with Crippen LogP contribution in [0, 0.1) is 23.2 Å². The zero-order chi connectivity index (χ0) is 32.0. The van der Waals surface area contributed by atoms with E-state index in [4.69, 9.17) is 27.9 Å². The molecule has 0 fully saturated rings. The highest BCUT2D eigenvalue weighted by Gasteiger charge is 2.46. The average Bonchev–Trinajstić information content (AvgIpc) is 3.36. The summed E-state index contributed by atoms with van der Waals surface area (Å²) in [6.07, 6.45) is 1.16. The van der Waals surface area contributed by atoms with E-state index in [9.17, 15) is 19.6 Å². The average molecular weight is 641 g/mol. The quantitative estimate of drug-likeness (QED) is 0.198. The van der Waals surface area contributed by atoms with Gasteiger partial charge in [-0.25, -0.2) is 4.79 Å². The largest absolute Gasteiger partial charge is 0.445 e. The molecule has 44 heavy (non-hydrogen) atoms. The van der Waals surface area contributed by atoms with Crippen molar-refractivity contribution in [2.24, 2.45) is 11.8 Å². The van der Waals surface area contributed by atoms with Crippen molar-refractivity contribution in [3.63, 3.8) is 0 Å². The molecule has 0 saturated heterocycles. The van der Waals surface area contributed by atoms with E-state index in [2.05, 4.69) is 27.0 Å². The maximum Gasteiger partial charge on any atom is 0.408 e. The SMILES string of the molecule is CCC(C)[C@H](NC(=O)OCc1ccccc1)C(=O)N[C@]1(C(=O)N[C@H](C#N)CC(C)C)CCc2[nH]c3c(Cl)cc(Cl)cc3c2C1. The lowest BCUT2D eigenvalue weighted by atomic mass is 9.78. The molecule has 1 heterocycles. The minimum Gasteiger partial charge on any atom is -0.445 e.